The molecule has 0 aromatic heterocycles. The van der Waals surface area contributed by atoms with Crippen molar-refractivity contribution in [2.45, 2.75) is 32.6 Å². The van der Waals surface area contributed by atoms with Crippen molar-refractivity contribution in [1.29, 1.82) is 0 Å². The van der Waals surface area contributed by atoms with Gasteiger partial charge in [-0.2, -0.15) is 0 Å². The van der Waals surface area contributed by atoms with Crippen molar-refractivity contribution in [3.05, 3.63) is 24.3 Å². The molecule has 6 nitrogen and oxygen atoms in total. The summed E-state index contributed by atoms with van der Waals surface area (Å²) in [4.78, 5) is 25.8. The van der Waals surface area contributed by atoms with Crippen LogP contribution in [0.2, 0.25) is 0 Å². The van der Waals surface area contributed by atoms with Crippen molar-refractivity contribution in [2.75, 3.05) is 38.1 Å². The summed E-state index contributed by atoms with van der Waals surface area (Å²) in [6, 6.07) is 7.12. The van der Waals surface area contributed by atoms with E-state index in [1.54, 1.807) is 24.3 Å². The maximum atomic E-state index is 12.5. The van der Waals surface area contributed by atoms with Crippen molar-refractivity contribution >= 4 is 17.5 Å². The molecule has 0 saturated carbocycles. The van der Waals surface area contributed by atoms with Gasteiger partial charge in [-0.1, -0.05) is 6.92 Å². The molecule has 2 N–H and O–H groups in total. The molecule has 1 aromatic carbocycles. The number of carbonyl (C=O) groups excluding carboxylic acids is 2. The maximum Gasteiger partial charge on any atom is 0.260 e. The third-order valence-electron chi connectivity index (χ3n) is 5.17. The van der Waals surface area contributed by atoms with Crippen LogP contribution in [0.1, 0.15) is 32.6 Å². The van der Waals surface area contributed by atoms with Crippen molar-refractivity contribution in [3.63, 3.8) is 0 Å². The second kappa shape index (κ2) is 7.87. The zero-order chi connectivity index (χ0) is 17.7. The molecule has 2 fully saturated rings. The number of nitrogens with zero attached hydrogens (tertiary/aromatic N) is 1. The van der Waals surface area contributed by atoms with E-state index in [2.05, 4.69) is 10.6 Å². The van der Waals surface area contributed by atoms with Crippen LogP contribution in [0.3, 0.4) is 0 Å². The van der Waals surface area contributed by atoms with E-state index in [1.165, 1.54) is 6.42 Å². The van der Waals surface area contributed by atoms with Crippen LogP contribution in [0.25, 0.3) is 0 Å². The van der Waals surface area contributed by atoms with Gasteiger partial charge >= 0.3 is 0 Å². The first kappa shape index (κ1) is 17.7. The molecule has 25 heavy (non-hydrogen) atoms. The number of amides is 2. The van der Waals surface area contributed by atoms with Crippen LogP contribution in [-0.2, 0) is 9.59 Å². The summed E-state index contributed by atoms with van der Waals surface area (Å²) in [6.45, 7) is 5.60. The van der Waals surface area contributed by atoms with E-state index in [4.69, 9.17) is 4.74 Å². The van der Waals surface area contributed by atoms with Crippen LogP contribution in [0.15, 0.2) is 24.3 Å². The Morgan fingerprint density at radius 1 is 1.28 bits per heavy atom. The van der Waals surface area contributed by atoms with Gasteiger partial charge in [-0.3, -0.25) is 9.59 Å². The summed E-state index contributed by atoms with van der Waals surface area (Å²) < 4.78 is 5.64. The van der Waals surface area contributed by atoms with Crippen LogP contribution < -0.4 is 15.4 Å². The smallest absolute Gasteiger partial charge is 0.260 e. The summed E-state index contributed by atoms with van der Waals surface area (Å²) in [5.41, 5.74) is 1.00. The molecule has 2 amide bonds. The molecule has 6 heteroatoms. The van der Waals surface area contributed by atoms with E-state index >= 15 is 0 Å². The van der Waals surface area contributed by atoms with Gasteiger partial charge in [-0.05, 0) is 50.1 Å². The van der Waals surface area contributed by atoms with Gasteiger partial charge in [0, 0.05) is 37.2 Å². The highest BCUT2D eigenvalue weighted by Gasteiger charge is 2.39. The summed E-state index contributed by atoms with van der Waals surface area (Å²) in [5.74, 6) is 0.663. The average molecular weight is 345 g/mol. The first-order valence-corrected chi connectivity index (χ1v) is 9.11. The third-order valence-corrected chi connectivity index (χ3v) is 5.17. The molecular formula is C19H27N3O3. The molecule has 2 aliphatic rings. The number of hydrogen-bond acceptors (Lipinski definition) is 4. The number of benzene rings is 1. The van der Waals surface area contributed by atoms with E-state index in [-0.39, 0.29) is 23.8 Å². The molecule has 0 radical (unpaired) electrons. The number of likely N-dealkylation sites (tertiary alicyclic amines) is 1. The van der Waals surface area contributed by atoms with Crippen LogP contribution in [0, 0.1) is 5.41 Å². The molecule has 2 heterocycles. The highest BCUT2D eigenvalue weighted by molar-refractivity contribution is 5.90. The number of nitrogens with one attached hydrogen (secondary N) is 2. The van der Waals surface area contributed by atoms with Gasteiger partial charge in [0.2, 0.25) is 5.91 Å². The number of hydrogen-bond donors (Lipinski definition) is 2. The predicted molar refractivity (Wildman–Crippen MR) is 96.6 cm³/mol. The Morgan fingerprint density at radius 3 is 2.76 bits per heavy atom. The Bertz CT molecular complexity index is 609. The molecule has 2 saturated heterocycles. The van der Waals surface area contributed by atoms with Crippen molar-refractivity contribution in [3.8, 4) is 5.75 Å². The Morgan fingerprint density at radius 2 is 2.08 bits per heavy atom. The van der Waals surface area contributed by atoms with E-state index in [0.29, 0.717) is 12.2 Å². The van der Waals surface area contributed by atoms with E-state index in [9.17, 15) is 9.59 Å². The summed E-state index contributed by atoms with van der Waals surface area (Å²) in [7, 11) is 0. The first-order valence-electron chi connectivity index (χ1n) is 9.11. The number of carbonyl (C=O) groups is 2. The molecule has 0 bridgehead atoms. The van der Waals surface area contributed by atoms with Crippen LogP contribution in [-0.4, -0.2) is 49.5 Å². The largest absolute Gasteiger partial charge is 0.484 e. The minimum absolute atomic E-state index is 0.0238. The molecular weight excluding hydrogens is 318 g/mol. The zero-order valence-corrected chi connectivity index (χ0v) is 14.8. The minimum atomic E-state index is -0.0238. The Kier molecular flexibility index (Phi) is 5.58. The average Bonchev–Trinajstić information content (AvgIpc) is 3.08. The third kappa shape index (κ3) is 4.51. The summed E-state index contributed by atoms with van der Waals surface area (Å²) in [5, 5.41) is 6.21. The molecule has 136 valence electrons. The van der Waals surface area contributed by atoms with Gasteiger partial charge in [-0.25, -0.2) is 0 Å². The van der Waals surface area contributed by atoms with Crippen LogP contribution in [0.5, 0.6) is 5.75 Å². The van der Waals surface area contributed by atoms with Gasteiger partial charge in [-0.15, -0.1) is 0 Å². The highest BCUT2D eigenvalue weighted by Crippen LogP contribution is 2.35. The number of rotatable bonds is 5. The lowest BCUT2D eigenvalue weighted by atomic mass is 9.79. The Balaban J connectivity index is 1.49. The molecule has 1 aromatic rings. The summed E-state index contributed by atoms with van der Waals surface area (Å²) >= 11 is 0. The molecule has 1 spiro atoms. The molecule has 0 aliphatic carbocycles. The SMILES string of the molecule is CCC(=O)Nc1ccc(OCC(=O)N2CCCC3(CCNC3)C2)cc1. The second-order valence-corrected chi connectivity index (χ2v) is 7.06. The number of piperidine rings is 1. The van der Waals surface area contributed by atoms with Gasteiger partial charge in [0.25, 0.3) is 5.91 Å². The topological polar surface area (TPSA) is 70.7 Å². The fraction of sp³-hybridized carbons (Fsp3) is 0.579. The van der Waals surface area contributed by atoms with E-state index in [0.717, 1.165) is 44.7 Å². The van der Waals surface area contributed by atoms with Crippen molar-refractivity contribution < 1.29 is 14.3 Å². The lowest BCUT2D eigenvalue weighted by molar-refractivity contribution is -0.136. The fourth-order valence-electron chi connectivity index (χ4n) is 3.68. The van der Waals surface area contributed by atoms with E-state index < -0.39 is 0 Å². The quantitative estimate of drug-likeness (QED) is 0.856. The number of anilines is 1. The van der Waals surface area contributed by atoms with E-state index in [1.807, 2.05) is 11.8 Å². The van der Waals surface area contributed by atoms with Crippen molar-refractivity contribution in [1.82, 2.24) is 10.2 Å². The van der Waals surface area contributed by atoms with Gasteiger partial charge in [0.15, 0.2) is 6.61 Å². The van der Waals surface area contributed by atoms with Crippen LogP contribution in [0.4, 0.5) is 5.69 Å². The normalized spacial score (nSPS) is 22.8. The molecule has 2 aliphatic heterocycles. The minimum Gasteiger partial charge on any atom is -0.484 e. The van der Waals surface area contributed by atoms with Gasteiger partial charge < -0.3 is 20.3 Å². The molecule has 1 unspecified atom stereocenters. The van der Waals surface area contributed by atoms with Crippen molar-refractivity contribution in [2.24, 2.45) is 5.41 Å². The van der Waals surface area contributed by atoms with Gasteiger partial charge in [0.1, 0.15) is 5.75 Å². The maximum absolute atomic E-state index is 12.5. The lowest BCUT2D eigenvalue weighted by Crippen LogP contribution is -2.48. The summed E-state index contributed by atoms with van der Waals surface area (Å²) in [6.07, 6.45) is 3.87. The monoisotopic (exact) mass is 345 g/mol. The zero-order valence-electron chi connectivity index (χ0n) is 14.8. The van der Waals surface area contributed by atoms with Gasteiger partial charge in [0.05, 0.1) is 0 Å². The van der Waals surface area contributed by atoms with Crippen LogP contribution >= 0.6 is 0 Å². The Labute approximate surface area is 148 Å². The number of ether oxygens (including phenoxy) is 1. The predicted octanol–water partition coefficient (Wildman–Crippen LogP) is 2.02. The Hall–Kier alpha value is -2.08. The standard InChI is InChI=1S/C19H27N3O3/c1-2-17(23)21-15-4-6-16(7-5-15)25-12-18(24)22-11-3-8-19(14-22)9-10-20-13-19/h4-7,20H,2-3,8-14H2,1H3,(H,21,23). The molecule has 3 rings (SSSR count). The fourth-order valence-corrected chi connectivity index (χ4v) is 3.68. The molecule has 1 atom stereocenters. The lowest BCUT2D eigenvalue weighted by Gasteiger charge is -2.40. The first-order chi connectivity index (χ1) is 12.1. The second-order valence-electron chi connectivity index (χ2n) is 7.06. The highest BCUT2D eigenvalue weighted by atomic mass is 16.5.